The summed E-state index contributed by atoms with van der Waals surface area (Å²) in [6.07, 6.45) is 1.25. The molecule has 1 saturated heterocycles. The van der Waals surface area contributed by atoms with Gasteiger partial charge in [0.2, 0.25) is 23.5 Å². The van der Waals surface area contributed by atoms with E-state index in [-0.39, 0.29) is 23.6 Å². The van der Waals surface area contributed by atoms with Gasteiger partial charge in [-0.2, -0.15) is 0 Å². The highest BCUT2D eigenvalue weighted by Gasteiger charge is 2.23. The van der Waals surface area contributed by atoms with Crippen molar-refractivity contribution in [2.24, 2.45) is 5.92 Å². The lowest BCUT2D eigenvalue weighted by atomic mass is 10.1. The molecule has 0 radical (unpaired) electrons. The predicted molar refractivity (Wildman–Crippen MR) is 165 cm³/mol. The van der Waals surface area contributed by atoms with Gasteiger partial charge in [0, 0.05) is 26.2 Å². The first-order valence-corrected chi connectivity index (χ1v) is 14.6. The van der Waals surface area contributed by atoms with Gasteiger partial charge in [0.05, 0.1) is 30.8 Å². The lowest BCUT2D eigenvalue weighted by Crippen LogP contribution is -2.51. The fourth-order valence-electron chi connectivity index (χ4n) is 3.30. The van der Waals surface area contributed by atoms with Crippen molar-refractivity contribution in [2.75, 3.05) is 52.9 Å². The van der Waals surface area contributed by atoms with Gasteiger partial charge in [-0.15, -0.1) is 0 Å². The molecule has 246 valence electrons. The van der Waals surface area contributed by atoms with Crippen molar-refractivity contribution in [3.05, 3.63) is 35.4 Å². The molecule has 0 aliphatic carbocycles. The van der Waals surface area contributed by atoms with E-state index in [0.29, 0.717) is 26.2 Å². The van der Waals surface area contributed by atoms with E-state index in [1.807, 2.05) is 7.05 Å². The van der Waals surface area contributed by atoms with E-state index in [2.05, 4.69) is 60.8 Å². The van der Waals surface area contributed by atoms with Crippen molar-refractivity contribution < 1.29 is 38.7 Å². The summed E-state index contributed by atoms with van der Waals surface area (Å²) >= 11 is 0. The van der Waals surface area contributed by atoms with Crippen molar-refractivity contribution in [1.29, 1.82) is 0 Å². The molecule has 14 heteroatoms. The Hall–Kier alpha value is -4.33. The summed E-state index contributed by atoms with van der Waals surface area (Å²) < 4.78 is 0. The number of Topliss-reactive ketones (excluding diaryl/α,β-unsaturated/α-hetero) is 1. The zero-order valence-electron chi connectivity index (χ0n) is 26.8. The highest BCUT2D eigenvalue weighted by Crippen LogP contribution is 2.08. The number of carbonyl (C=O) groups is 7. The molecule has 14 nitrogen and oxygen atoms in total. The van der Waals surface area contributed by atoms with Crippen LogP contribution in [0.2, 0.25) is 0 Å². The summed E-state index contributed by atoms with van der Waals surface area (Å²) in [5.41, 5.74) is -0.360. The number of carboxylic acid groups (broad SMARTS) is 1. The highest BCUT2D eigenvalue weighted by atomic mass is 16.4. The van der Waals surface area contributed by atoms with Gasteiger partial charge in [0.25, 0.3) is 11.8 Å². The molecule has 0 bridgehead atoms. The Balaban J connectivity index is 0.00000239. The van der Waals surface area contributed by atoms with E-state index >= 15 is 0 Å². The van der Waals surface area contributed by atoms with Gasteiger partial charge in [0.15, 0.2) is 0 Å². The van der Waals surface area contributed by atoms with Gasteiger partial charge >= 0.3 is 5.97 Å². The van der Waals surface area contributed by atoms with Crippen LogP contribution in [0, 0.1) is 5.92 Å². The second-order valence-corrected chi connectivity index (χ2v) is 10.8. The third kappa shape index (κ3) is 16.3. The van der Waals surface area contributed by atoms with E-state index in [0.717, 1.165) is 5.92 Å². The van der Waals surface area contributed by atoms with Crippen LogP contribution in [-0.4, -0.2) is 115 Å². The Morgan fingerprint density at radius 1 is 0.795 bits per heavy atom. The van der Waals surface area contributed by atoms with Gasteiger partial charge in [-0.25, -0.2) is 4.79 Å². The van der Waals surface area contributed by atoms with Gasteiger partial charge in [0.1, 0.15) is 6.04 Å². The van der Waals surface area contributed by atoms with E-state index in [1.54, 1.807) is 4.90 Å². The van der Waals surface area contributed by atoms with Crippen molar-refractivity contribution in [3.63, 3.8) is 0 Å². The fourth-order valence-corrected chi connectivity index (χ4v) is 3.30. The third-order valence-electron chi connectivity index (χ3n) is 5.51. The summed E-state index contributed by atoms with van der Waals surface area (Å²) in [4.78, 5) is 87.3. The molecule has 1 atom stereocenters. The monoisotopic (exact) mass is 620 g/mol. The van der Waals surface area contributed by atoms with Crippen LogP contribution in [-0.2, 0) is 24.0 Å². The van der Waals surface area contributed by atoms with Crippen LogP contribution in [0.15, 0.2) is 24.3 Å². The normalized spacial score (nSPS) is 13.1. The summed E-state index contributed by atoms with van der Waals surface area (Å²) in [6, 6.07) is 4.36. The molecule has 0 aromatic heterocycles. The van der Waals surface area contributed by atoms with Gasteiger partial charge in [-0.05, 0) is 32.0 Å². The molecule has 0 spiro atoms. The number of carboxylic acids is 1. The molecule has 1 aromatic carbocycles. The minimum atomic E-state index is -1.30. The summed E-state index contributed by atoms with van der Waals surface area (Å²) in [5, 5.41) is 18.2. The molecule has 1 unspecified atom stereocenters. The number of hydrogen-bond donors (Lipinski definition) is 5. The zero-order chi connectivity index (χ0) is 33.8. The number of nitrogens with one attached hydrogen (secondary N) is 4. The quantitative estimate of drug-likeness (QED) is 0.216. The first-order valence-electron chi connectivity index (χ1n) is 14.6. The van der Waals surface area contributed by atoms with Crippen LogP contribution in [0.3, 0.4) is 0 Å². The van der Waals surface area contributed by atoms with Crippen LogP contribution in [0.1, 0.15) is 68.7 Å². The highest BCUT2D eigenvalue weighted by molar-refractivity contribution is 6.37. The van der Waals surface area contributed by atoms with E-state index in [4.69, 9.17) is 5.11 Å². The lowest BCUT2D eigenvalue weighted by molar-refractivity contribution is -0.140. The van der Waals surface area contributed by atoms with Crippen molar-refractivity contribution >= 4 is 41.3 Å². The van der Waals surface area contributed by atoms with Crippen LogP contribution >= 0.6 is 0 Å². The van der Waals surface area contributed by atoms with Crippen LogP contribution < -0.4 is 21.3 Å². The Morgan fingerprint density at radius 3 is 1.84 bits per heavy atom. The first-order chi connectivity index (χ1) is 20.6. The number of benzene rings is 1. The average Bonchev–Trinajstić information content (AvgIpc) is 2.97. The third-order valence-corrected chi connectivity index (χ3v) is 5.51. The minimum Gasteiger partial charge on any atom is -0.478 e. The molecule has 5 amide bonds. The summed E-state index contributed by atoms with van der Waals surface area (Å²) in [6.45, 7) is 13.0. The van der Waals surface area contributed by atoms with Crippen molar-refractivity contribution in [1.82, 2.24) is 31.1 Å². The number of hydrogen-bond acceptors (Lipinski definition) is 8. The fraction of sp³-hybridized carbons (Fsp3) is 0.567. The lowest BCUT2D eigenvalue weighted by Gasteiger charge is -2.32. The number of piperazine rings is 1. The number of likely N-dealkylation sites (N-methyl/N-ethyl adjacent to an activating group) is 1. The molecule has 1 aliphatic rings. The number of rotatable bonds is 11. The predicted octanol–water partition coefficient (Wildman–Crippen LogP) is 0.273. The Labute approximate surface area is 259 Å². The SMILES string of the molecule is CC(C)C.CC(NC(=O)CNC(=O)c1ccccc1C(=O)O)C(=O)NCC(=O)C(=O)NCC(=O)N1CCN(C)CC1.CCC. The molecule has 1 aliphatic heterocycles. The van der Waals surface area contributed by atoms with Gasteiger partial charge in [-0.1, -0.05) is 53.2 Å². The van der Waals surface area contributed by atoms with Gasteiger partial charge < -0.3 is 36.2 Å². The van der Waals surface area contributed by atoms with Crippen LogP contribution in [0.5, 0.6) is 0 Å². The van der Waals surface area contributed by atoms with Crippen molar-refractivity contribution in [2.45, 2.75) is 54.0 Å². The number of carbonyl (C=O) groups excluding carboxylic acids is 6. The summed E-state index contributed by atoms with van der Waals surface area (Å²) in [5.74, 6) is -5.06. The maximum atomic E-state index is 12.2. The topological polar surface area (TPSA) is 194 Å². The van der Waals surface area contributed by atoms with E-state index < -0.39 is 54.5 Å². The second kappa shape index (κ2) is 21.4. The molecule has 1 heterocycles. The molecular formula is C30H48N6O8. The average molecular weight is 621 g/mol. The second-order valence-electron chi connectivity index (χ2n) is 10.8. The smallest absolute Gasteiger partial charge is 0.336 e. The Morgan fingerprint density at radius 2 is 1.32 bits per heavy atom. The van der Waals surface area contributed by atoms with Crippen LogP contribution in [0.4, 0.5) is 0 Å². The Bertz CT molecular complexity index is 1130. The largest absolute Gasteiger partial charge is 0.478 e. The standard InChI is InChI=1S/C23H30N6O8.C4H10.C3H8/c1-14(27-18(31)12-25-21(34)15-5-3-4-6-16(15)23(36)37)20(33)24-11-17(30)22(35)26-13-19(32)29-9-7-28(2)8-10-29;1-4(2)3;1-3-2/h3-6,14H,7-13H2,1-2H3,(H,24,33)(H,25,34)(H,26,35)(H,27,31)(H,36,37);4H,1-3H3;3H2,1-2H3. The maximum absolute atomic E-state index is 12.2. The number of amides is 5. The minimum absolute atomic E-state index is 0.129. The molecule has 1 aromatic rings. The van der Waals surface area contributed by atoms with Crippen LogP contribution in [0.25, 0.3) is 0 Å². The van der Waals surface area contributed by atoms with Gasteiger partial charge in [-0.3, -0.25) is 28.8 Å². The molecule has 5 N–H and O–H groups in total. The Kier molecular flexibility index (Phi) is 19.3. The van der Waals surface area contributed by atoms with E-state index in [1.165, 1.54) is 37.6 Å². The van der Waals surface area contributed by atoms with Crippen molar-refractivity contribution in [3.8, 4) is 0 Å². The molecule has 44 heavy (non-hydrogen) atoms. The maximum Gasteiger partial charge on any atom is 0.336 e. The number of ketones is 1. The molecular weight excluding hydrogens is 572 g/mol. The number of aromatic carboxylic acids is 1. The number of nitrogens with zero attached hydrogens (tertiary/aromatic N) is 2. The zero-order valence-corrected chi connectivity index (χ0v) is 26.8. The molecule has 1 fully saturated rings. The molecule has 2 rings (SSSR count). The summed E-state index contributed by atoms with van der Waals surface area (Å²) in [7, 11) is 1.94. The van der Waals surface area contributed by atoms with E-state index in [9.17, 15) is 33.6 Å². The first kappa shape index (κ1) is 39.7. The molecule has 0 saturated carbocycles.